The molecule has 2 rings (SSSR count). The number of hydrogen-bond donors (Lipinski definition) is 2. The maximum atomic E-state index is 11.5. The molecule has 0 bridgehead atoms. The van der Waals surface area contributed by atoms with Gasteiger partial charge in [-0.25, -0.2) is 14.3 Å². The molecule has 8 nitrogen and oxygen atoms in total. The van der Waals surface area contributed by atoms with Crippen LogP contribution in [0, 0.1) is 11.3 Å². The molecule has 0 spiro atoms. The normalized spacial score (nSPS) is 9.90. The molecule has 1 aromatic heterocycles. The molecule has 1 heterocycles. The first-order valence-corrected chi connectivity index (χ1v) is 5.70. The number of rotatable bonds is 3. The molecule has 8 heteroatoms. The Morgan fingerprint density at radius 1 is 1.48 bits per heavy atom. The number of benzene rings is 1. The number of methoxy groups -OCH3 is 1. The van der Waals surface area contributed by atoms with Crippen LogP contribution in [0.2, 0.25) is 0 Å². The smallest absolute Gasteiger partial charge is 0.357 e. The Kier molecular flexibility index (Phi) is 3.58. The van der Waals surface area contributed by atoms with Gasteiger partial charge in [0.2, 0.25) is 0 Å². The van der Waals surface area contributed by atoms with Crippen LogP contribution in [0.4, 0.5) is 5.82 Å². The van der Waals surface area contributed by atoms with Gasteiger partial charge in [-0.1, -0.05) is 6.07 Å². The van der Waals surface area contributed by atoms with Crippen molar-refractivity contribution in [1.82, 2.24) is 9.78 Å². The Morgan fingerprint density at radius 3 is 2.71 bits per heavy atom. The lowest BCUT2D eigenvalue weighted by Crippen LogP contribution is -2.06. The van der Waals surface area contributed by atoms with Gasteiger partial charge in [-0.05, 0) is 18.2 Å². The highest BCUT2D eigenvalue weighted by molar-refractivity contribution is 5.91. The highest BCUT2D eigenvalue weighted by Crippen LogP contribution is 2.21. The van der Waals surface area contributed by atoms with Crippen LogP contribution >= 0.6 is 0 Å². The van der Waals surface area contributed by atoms with Crippen molar-refractivity contribution < 1.29 is 19.4 Å². The number of nitriles is 1. The Morgan fingerprint density at radius 2 is 2.19 bits per heavy atom. The summed E-state index contributed by atoms with van der Waals surface area (Å²) >= 11 is 0. The van der Waals surface area contributed by atoms with E-state index in [2.05, 4.69) is 9.84 Å². The van der Waals surface area contributed by atoms with E-state index in [1.807, 2.05) is 0 Å². The SMILES string of the molecule is COC(=O)c1cccc(-n2nc(C(=O)O)c(C#N)c2N)c1. The molecule has 0 saturated heterocycles. The maximum Gasteiger partial charge on any atom is 0.357 e. The van der Waals surface area contributed by atoms with Crippen molar-refractivity contribution in [1.29, 1.82) is 5.26 Å². The van der Waals surface area contributed by atoms with E-state index in [0.717, 1.165) is 4.68 Å². The molecule has 0 amide bonds. The third-order valence-electron chi connectivity index (χ3n) is 2.75. The summed E-state index contributed by atoms with van der Waals surface area (Å²) in [5, 5.41) is 21.8. The lowest BCUT2D eigenvalue weighted by Gasteiger charge is -2.05. The zero-order valence-corrected chi connectivity index (χ0v) is 10.9. The minimum Gasteiger partial charge on any atom is -0.476 e. The number of carbonyl (C=O) groups excluding carboxylic acids is 1. The van der Waals surface area contributed by atoms with Gasteiger partial charge < -0.3 is 15.6 Å². The Hall–Kier alpha value is -3.34. The first kappa shape index (κ1) is 14.1. The van der Waals surface area contributed by atoms with E-state index in [4.69, 9.17) is 16.1 Å². The molecule has 0 unspecified atom stereocenters. The highest BCUT2D eigenvalue weighted by atomic mass is 16.5. The Labute approximate surface area is 119 Å². The van der Waals surface area contributed by atoms with Crippen LogP contribution in [-0.4, -0.2) is 33.9 Å². The van der Waals surface area contributed by atoms with Gasteiger partial charge >= 0.3 is 11.9 Å². The van der Waals surface area contributed by atoms with E-state index in [0.29, 0.717) is 5.69 Å². The van der Waals surface area contributed by atoms with Crippen LogP contribution in [-0.2, 0) is 4.74 Å². The molecule has 2 aromatic rings. The van der Waals surface area contributed by atoms with Gasteiger partial charge in [0.25, 0.3) is 0 Å². The number of carboxylic acids is 1. The zero-order chi connectivity index (χ0) is 15.6. The number of aromatic carboxylic acids is 1. The van der Waals surface area contributed by atoms with E-state index < -0.39 is 17.6 Å². The number of carboxylic acid groups (broad SMARTS) is 1. The maximum absolute atomic E-state index is 11.5. The average Bonchev–Trinajstić information content (AvgIpc) is 2.83. The molecule has 3 N–H and O–H groups in total. The van der Waals surface area contributed by atoms with Gasteiger partial charge in [0, 0.05) is 0 Å². The van der Waals surface area contributed by atoms with E-state index in [1.54, 1.807) is 18.2 Å². The fraction of sp³-hybridized carbons (Fsp3) is 0.0769. The average molecular weight is 286 g/mol. The van der Waals surface area contributed by atoms with Crippen LogP contribution in [0.3, 0.4) is 0 Å². The fourth-order valence-corrected chi connectivity index (χ4v) is 1.77. The van der Waals surface area contributed by atoms with Crippen LogP contribution < -0.4 is 5.73 Å². The standard InChI is InChI=1S/C13H10N4O4/c1-21-13(20)7-3-2-4-8(5-7)17-11(15)9(6-14)10(16-17)12(18)19/h2-5H,15H2,1H3,(H,18,19). The summed E-state index contributed by atoms with van der Waals surface area (Å²) in [4.78, 5) is 22.5. The van der Waals surface area contributed by atoms with Crippen molar-refractivity contribution in [3.63, 3.8) is 0 Å². The Bertz CT molecular complexity index is 773. The quantitative estimate of drug-likeness (QED) is 0.798. The summed E-state index contributed by atoms with van der Waals surface area (Å²) in [6, 6.07) is 7.80. The number of nitrogens with zero attached hydrogens (tertiary/aromatic N) is 3. The van der Waals surface area contributed by atoms with Gasteiger partial charge in [-0.3, -0.25) is 0 Å². The second-order valence-electron chi connectivity index (χ2n) is 3.98. The lowest BCUT2D eigenvalue weighted by atomic mass is 10.2. The third-order valence-corrected chi connectivity index (χ3v) is 2.75. The van der Waals surface area contributed by atoms with Crippen LogP contribution in [0.5, 0.6) is 0 Å². The highest BCUT2D eigenvalue weighted by Gasteiger charge is 2.22. The molecule has 0 aliphatic rings. The number of nitrogens with two attached hydrogens (primary N) is 1. The van der Waals surface area contributed by atoms with Crippen LogP contribution in [0.1, 0.15) is 26.4 Å². The summed E-state index contributed by atoms with van der Waals surface area (Å²) in [6.45, 7) is 0. The molecule has 21 heavy (non-hydrogen) atoms. The molecule has 0 fully saturated rings. The zero-order valence-electron chi connectivity index (χ0n) is 10.9. The second kappa shape index (κ2) is 5.34. The van der Waals surface area contributed by atoms with Crippen molar-refractivity contribution in [3.05, 3.63) is 41.1 Å². The van der Waals surface area contributed by atoms with Crippen LogP contribution in [0.25, 0.3) is 5.69 Å². The van der Waals surface area contributed by atoms with Crippen molar-refractivity contribution in [3.8, 4) is 11.8 Å². The molecule has 0 atom stereocenters. The van der Waals surface area contributed by atoms with E-state index in [-0.39, 0.29) is 16.9 Å². The molecule has 0 radical (unpaired) electrons. The molecule has 1 aromatic carbocycles. The largest absolute Gasteiger partial charge is 0.476 e. The summed E-state index contributed by atoms with van der Waals surface area (Å²) < 4.78 is 5.69. The van der Waals surface area contributed by atoms with Gasteiger partial charge in [0.05, 0.1) is 18.4 Å². The molecule has 106 valence electrons. The Balaban J connectivity index is 2.61. The minimum atomic E-state index is -1.36. The number of carbonyl (C=O) groups is 2. The molecule has 0 saturated carbocycles. The third kappa shape index (κ3) is 2.40. The van der Waals surface area contributed by atoms with Gasteiger partial charge in [-0.2, -0.15) is 10.4 Å². The number of hydrogen-bond acceptors (Lipinski definition) is 6. The monoisotopic (exact) mass is 286 g/mol. The topological polar surface area (TPSA) is 131 Å². The van der Waals surface area contributed by atoms with Crippen molar-refractivity contribution in [2.75, 3.05) is 12.8 Å². The number of esters is 1. The number of anilines is 1. The van der Waals surface area contributed by atoms with Crippen LogP contribution in [0.15, 0.2) is 24.3 Å². The van der Waals surface area contributed by atoms with Gasteiger partial charge in [-0.15, -0.1) is 0 Å². The van der Waals surface area contributed by atoms with Gasteiger partial charge in [0.1, 0.15) is 17.5 Å². The number of ether oxygens (including phenoxy) is 1. The van der Waals surface area contributed by atoms with Crippen molar-refractivity contribution in [2.24, 2.45) is 0 Å². The molecular weight excluding hydrogens is 276 g/mol. The molecule has 0 aliphatic heterocycles. The van der Waals surface area contributed by atoms with Crippen molar-refractivity contribution in [2.45, 2.75) is 0 Å². The first-order valence-electron chi connectivity index (χ1n) is 5.70. The number of nitrogen functional groups attached to an aromatic ring is 1. The van der Waals surface area contributed by atoms with E-state index in [9.17, 15) is 9.59 Å². The summed E-state index contributed by atoms with van der Waals surface area (Å²) in [7, 11) is 1.24. The number of aromatic nitrogens is 2. The summed E-state index contributed by atoms with van der Waals surface area (Å²) in [5.41, 5.74) is 5.66. The summed E-state index contributed by atoms with van der Waals surface area (Å²) in [5.74, 6) is -2.03. The molecule has 0 aliphatic carbocycles. The minimum absolute atomic E-state index is 0.114. The summed E-state index contributed by atoms with van der Waals surface area (Å²) in [6.07, 6.45) is 0. The second-order valence-corrected chi connectivity index (χ2v) is 3.98. The predicted molar refractivity (Wildman–Crippen MR) is 71.0 cm³/mol. The van der Waals surface area contributed by atoms with E-state index >= 15 is 0 Å². The molecular formula is C13H10N4O4. The first-order chi connectivity index (χ1) is 9.99. The van der Waals surface area contributed by atoms with Gasteiger partial charge in [0.15, 0.2) is 5.69 Å². The fourth-order valence-electron chi connectivity index (χ4n) is 1.77. The predicted octanol–water partition coefficient (Wildman–Crippen LogP) is 0.811. The van der Waals surface area contributed by atoms with Crippen molar-refractivity contribution >= 4 is 17.8 Å². The lowest BCUT2D eigenvalue weighted by molar-refractivity contribution is 0.0599. The van der Waals surface area contributed by atoms with E-state index in [1.165, 1.54) is 19.2 Å².